The Labute approximate surface area is 135 Å². The van der Waals surface area contributed by atoms with Crippen molar-refractivity contribution in [3.63, 3.8) is 0 Å². The predicted molar refractivity (Wildman–Crippen MR) is 78.8 cm³/mol. The van der Waals surface area contributed by atoms with Gasteiger partial charge in [-0.1, -0.05) is 48.6 Å². The smallest absolute Gasteiger partial charge is 0.449 e. The van der Waals surface area contributed by atoms with E-state index in [1.54, 1.807) is 24.3 Å². The molecule has 0 aliphatic heterocycles. The van der Waals surface area contributed by atoms with Crippen molar-refractivity contribution in [2.45, 2.75) is 6.42 Å². The average Bonchev–Trinajstić information content (AvgIpc) is 2.54. The van der Waals surface area contributed by atoms with Gasteiger partial charge >= 0.3 is 24.2 Å². The number of ether oxygens (including phenoxy) is 2. The van der Waals surface area contributed by atoms with Gasteiger partial charge in [-0.25, -0.2) is 19.2 Å². The average molecular weight is 332 g/mol. The van der Waals surface area contributed by atoms with Crippen molar-refractivity contribution >= 4 is 29.8 Å². The summed E-state index contributed by atoms with van der Waals surface area (Å²) in [5, 5.41) is 17.1. The first-order valence-corrected chi connectivity index (χ1v) is 6.70. The number of rotatable bonds is 3. The Bertz CT molecular complexity index is 717. The monoisotopic (exact) mass is 332 g/mol. The highest BCUT2D eigenvalue weighted by atomic mass is 16.7. The Morgan fingerprint density at radius 1 is 0.917 bits per heavy atom. The predicted octanol–water partition coefficient (Wildman–Crippen LogP) is 2.46. The molecule has 0 fully saturated rings. The Kier molecular flexibility index (Phi) is 4.78. The van der Waals surface area contributed by atoms with Crippen molar-refractivity contribution < 1.29 is 38.9 Å². The number of carboxylic acid groups (broad SMARTS) is 2. The summed E-state index contributed by atoms with van der Waals surface area (Å²) in [6, 6.07) is 9.00. The minimum absolute atomic E-state index is 0.300. The first kappa shape index (κ1) is 16.9. The van der Waals surface area contributed by atoms with Gasteiger partial charge in [0.2, 0.25) is 0 Å². The summed E-state index contributed by atoms with van der Waals surface area (Å²) in [4.78, 5) is 45.2. The van der Waals surface area contributed by atoms with Crippen LogP contribution in [-0.2, 0) is 19.1 Å². The van der Waals surface area contributed by atoms with Crippen LogP contribution in [0.3, 0.4) is 0 Å². The number of carbonyl (C=O) groups excluding carboxylic acids is 2. The Morgan fingerprint density at radius 2 is 1.46 bits per heavy atom. The van der Waals surface area contributed by atoms with Crippen LogP contribution in [0.25, 0.3) is 5.57 Å². The molecule has 0 bridgehead atoms. The summed E-state index contributed by atoms with van der Waals surface area (Å²) in [6.07, 6.45) is -0.118. The summed E-state index contributed by atoms with van der Waals surface area (Å²) in [6.45, 7) is 0. The van der Waals surface area contributed by atoms with Crippen molar-refractivity contribution in [3.05, 3.63) is 54.1 Å². The lowest BCUT2D eigenvalue weighted by atomic mass is 9.79. The molecule has 1 aliphatic rings. The molecule has 1 aromatic carbocycles. The second-order valence-corrected chi connectivity index (χ2v) is 4.85. The molecule has 1 aliphatic carbocycles. The molecule has 124 valence electrons. The number of hydrogen-bond acceptors (Lipinski definition) is 6. The highest BCUT2D eigenvalue weighted by Gasteiger charge is 2.49. The molecule has 0 radical (unpaired) electrons. The van der Waals surface area contributed by atoms with Crippen molar-refractivity contribution in [3.8, 4) is 0 Å². The quantitative estimate of drug-likeness (QED) is 0.638. The Morgan fingerprint density at radius 3 is 1.88 bits per heavy atom. The first-order chi connectivity index (χ1) is 11.3. The van der Waals surface area contributed by atoms with E-state index >= 15 is 0 Å². The van der Waals surface area contributed by atoms with Crippen LogP contribution in [0.5, 0.6) is 0 Å². The molecule has 2 rings (SSSR count). The van der Waals surface area contributed by atoms with Crippen molar-refractivity contribution in [2.24, 2.45) is 5.41 Å². The third-order valence-corrected chi connectivity index (χ3v) is 3.39. The van der Waals surface area contributed by atoms with Gasteiger partial charge in [0.1, 0.15) is 0 Å². The zero-order chi connectivity index (χ0) is 17.7. The largest absolute Gasteiger partial charge is 0.513 e. The highest BCUT2D eigenvalue weighted by molar-refractivity contribution is 6.07. The minimum atomic E-state index is -2.17. The number of benzene rings is 1. The standard InChI is InChI=1S/C16H12O8/c17-12(23-14(19)20)16(13(18)24-15(21)22)8-6-11(7-9-16)10-4-2-1-3-5-10/h1-8H,9H2,(H,19,20)(H,21,22). The maximum Gasteiger partial charge on any atom is 0.513 e. The van der Waals surface area contributed by atoms with Gasteiger partial charge in [0.05, 0.1) is 0 Å². The van der Waals surface area contributed by atoms with E-state index in [0.717, 1.165) is 11.6 Å². The zero-order valence-corrected chi connectivity index (χ0v) is 12.2. The van der Waals surface area contributed by atoms with E-state index in [1.807, 2.05) is 6.07 Å². The number of carbonyl (C=O) groups is 4. The van der Waals surface area contributed by atoms with Gasteiger partial charge in [-0.3, -0.25) is 0 Å². The van der Waals surface area contributed by atoms with Crippen molar-refractivity contribution in [2.75, 3.05) is 0 Å². The molecule has 0 aromatic heterocycles. The highest BCUT2D eigenvalue weighted by Crippen LogP contribution is 2.36. The molecule has 8 nitrogen and oxygen atoms in total. The maximum absolute atomic E-state index is 12.0. The molecule has 0 amide bonds. The molecule has 0 atom stereocenters. The van der Waals surface area contributed by atoms with Crippen molar-refractivity contribution in [1.29, 1.82) is 0 Å². The van der Waals surface area contributed by atoms with Gasteiger partial charge < -0.3 is 19.7 Å². The second-order valence-electron chi connectivity index (χ2n) is 4.85. The summed E-state index contributed by atoms with van der Waals surface area (Å²) in [5.41, 5.74) is -0.687. The minimum Gasteiger partial charge on any atom is -0.449 e. The molecule has 0 spiro atoms. The lowest BCUT2D eigenvalue weighted by Gasteiger charge is -2.26. The van der Waals surface area contributed by atoms with E-state index in [2.05, 4.69) is 9.47 Å². The van der Waals surface area contributed by atoms with Crippen LogP contribution in [0.1, 0.15) is 12.0 Å². The van der Waals surface area contributed by atoms with E-state index in [4.69, 9.17) is 10.2 Å². The third kappa shape index (κ3) is 3.49. The number of hydrogen-bond donors (Lipinski definition) is 2. The molecule has 0 saturated heterocycles. The molecular weight excluding hydrogens is 320 g/mol. The van der Waals surface area contributed by atoms with Gasteiger partial charge in [-0.15, -0.1) is 0 Å². The lowest BCUT2D eigenvalue weighted by Crippen LogP contribution is -2.42. The summed E-state index contributed by atoms with van der Waals surface area (Å²) in [7, 11) is 0. The molecule has 0 heterocycles. The summed E-state index contributed by atoms with van der Waals surface area (Å²) >= 11 is 0. The van der Waals surface area contributed by atoms with E-state index in [1.165, 1.54) is 12.2 Å². The van der Waals surface area contributed by atoms with Gasteiger partial charge in [-0.05, 0) is 17.6 Å². The molecule has 0 saturated carbocycles. The van der Waals surface area contributed by atoms with Crippen molar-refractivity contribution in [1.82, 2.24) is 0 Å². The SMILES string of the molecule is O=C(O)OC(=O)C1(C(=O)OC(=O)O)C=CC(c2ccccc2)=CC1. The van der Waals surface area contributed by atoms with Crippen LogP contribution >= 0.6 is 0 Å². The molecule has 24 heavy (non-hydrogen) atoms. The maximum atomic E-state index is 12.0. The van der Waals surface area contributed by atoms with Crippen LogP contribution in [-0.4, -0.2) is 34.5 Å². The fourth-order valence-corrected chi connectivity index (χ4v) is 2.21. The van der Waals surface area contributed by atoms with Crippen LogP contribution in [0.4, 0.5) is 9.59 Å². The normalized spacial score (nSPS) is 15.1. The molecule has 8 heteroatoms. The fraction of sp³-hybridized carbons (Fsp3) is 0.125. The van der Waals surface area contributed by atoms with Crippen LogP contribution in [0.15, 0.2) is 48.6 Å². The van der Waals surface area contributed by atoms with E-state index in [0.29, 0.717) is 5.57 Å². The summed E-state index contributed by atoms with van der Waals surface area (Å²) in [5.74, 6) is -2.86. The van der Waals surface area contributed by atoms with E-state index in [-0.39, 0.29) is 6.42 Å². The fourth-order valence-electron chi connectivity index (χ4n) is 2.21. The van der Waals surface area contributed by atoms with Gasteiger partial charge in [0, 0.05) is 0 Å². The van der Waals surface area contributed by atoms with Gasteiger partial charge in [0.25, 0.3) is 0 Å². The van der Waals surface area contributed by atoms with E-state index < -0.39 is 29.7 Å². The van der Waals surface area contributed by atoms with E-state index in [9.17, 15) is 19.2 Å². The van der Waals surface area contributed by atoms with Gasteiger partial charge in [0.15, 0.2) is 5.41 Å². The number of esters is 2. The van der Waals surface area contributed by atoms with Crippen LogP contribution in [0, 0.1) is 5.41 Å². The number of allylic oxidation sites excluding steroid dienone is 3. The molecule has 1 aromatic rings. The molecule has 2 N–H and O–H groups in total. The second kappa shape index (κ2) is 6.78. The summed E-state index contributed by atoms with van der Waals surface area (Å²) < 4.78 is 8.08. The lowest BCUT2D eigenvalue weighted by molar-refractivity contribution is -0.162. The van der Waals surface area contributed by atoms with Gasteiger partial charge in [-0.2, -0.15) is 0 Å². The first-order valence-electron chi connectivity index (χ1n) is 6.70. The Balaban J connectivity index is 2.33. The van der Waals surface area contributed by atoms with Crippen LogP contribution < -0.4 is 0 Å². The Hall–Kier alpha value is -3.42. The van der Waals surface area contributed by atoms with Crippen LogP contribution in [0.2, 0.25) is 0 Å². The molecule has 0 unspecified atom stereocenters. The molecular formula is C16H12O8. The topological polar surface area (TPSA) is 127 Å². The third-order valence-electron chi connectivity index (χ3n) is 3.39. The zero-order valence-electron chi connectivity index (χ0n) is 12.2.